The van der Waals surface area contributed by atoms with Crippen molar-refractivity contribution in [2.24, 2.45) is 7.05 Å². The molecule has 4 rings (SSSR count). The van der Waals surface area contributed by atoms with Gasteiger partial charge in [0.15, 0.2) is 16.1 Å². The molecule has 2 aromatic heterocycles. The predicted octanol–water partition coefficient (Wildman–Crippen LogP) is 5.78. The maximum Gasteiger partial charge on any atom is 0.251 e. The number of amides is 2. The van der Waals surface area contributed by atoms with Gasteiger partial charge < -0.3 is 15.2 Å². The molecule has 0 aliphatic heterocycles. The maximum absolute atomic E-state index is 12.6. The molecular formula is C24H22Cl2N6O2S2. The van der Waals surface area contributed by atoms with Crippen molar-refractivity contribution < 1.29 is 9.59 Å². The average Bonchev–Trinajstić information content (AvgIpc) is 3.41. The fourth-order valence-electron chi connectivity index (χ4n) is 3.41. The minimum absolute atomic E-state index is 0.134. The lowest BCUT2D eigenvalue weighted by Gasteiger charge is -2.14. The molecule has 8 nitrogen and oxygen atoms in total. The maximum atomic E-state index is 12.6. The number of aromatic nitrogens is 4. The summed E-state index contributed by atoms with van der Waals surface area (Å²) >= 11 is 14.6. The molecule has 0 spiro atoms. The van der Waals surface area contributed by atoms with Gasteiger partial charge in [-0.15, -0.1) is 21.5 Å². The summed E-state index contributed by atoms with van der Waals surface area (Å²) in [6.07, 6.45) is 0. The predicted molar refractivity (Wildman–Crippen MR) is 145 cm³/mol. The summed E-state index contributed by atoms with van der Waals surface area (Å²) in [6, 6.07) is 14.1. The van der Waals surface area contributed by atoms with E-state index < -0.39 is 6.04 Å². The van der Waals surface area contributed by atoms with E-state index in [0.717, 1.165) is 16.1 Å². The third-order valence-electron chi connectivity index (χ3n) is 5.21. The Balaban J connectivity index is 1.34. The van der Waals surface area contributed by atoms with Crippen LogP contribution < -0.4 is 10.6 Å². The number of carbonyl (C=O) groups is 2. The summed E-state index contributed by atoms with van der Waals surface area (Å²) in [4.78, 5) is 30.7. The zero-order valence-electron chi connectivity index (χ0n) is 19.6. The number of halogens is 2. The van der Waals surface area contributed by atoms with Gasteiger partial charge in [-0.3, -0.25) is 9.59 Å². The highest BCUT2D eigenvalue weighted by Crippen LogP contribution is 2.30. The second kappa shape index (κ2) is 11.4. The van der Waals surface area contributed by atoms with E-state index in [2.05, 4.69) is 25.8 Å². The van der Waals surface area contributed by atoms with Crippen molar-refractivity contribution >= 4 is 63.2 Å². The number of rotatable bonds is 8. The zero-order chi connectivity index (χ0) is 25.8. The molecular weight excluding hydrogens is 539 g/mol. The third-order valence-corrected chi connectivity index (χ3v) is 7.85. The molecule has 0 aliphatic rings. The highest BCUT2D eigenvalue weighted by molar-refractivity contribution is 7.99. The van der Waals surface area contributed by atoms with E-state index in [1.807, 2.05) is 37.3 Å². The Morgan fingerprint density at radius 1 is 1.11 bits per heavy atom. The van der Waals surface area contributed by atoms with Gasteiger partial charge in [-0.1, -0.05) is 65.3 Å². The number of thioether (sulfide) groups is 1. The largest absolute Gasteiger partial charge is 0.342 e. The number of benzene rings is 2. The molecule has 186 valence electrons. The molecule has 0 unspecified atom stereocenters. The number of thiazole rings is 1. The summed E-state index contributed by atoms with van der Waals surface area (Å²) in [6.45, 7) is 3.78. The number of nitrogens with zero attached hydrogens (tertiary/aromatic N) is 4. The van der Waals surface area contributed by atoms with E-state index in [0.29, 0.717) is 31.7 Å². The van der Waals surface area contributed by atoms with Gasteiger partial charge in [0.1, 0.15) is 0 Å². The number of anilines is 1. The first-order chi connectivity index (χ1) is 17.2. The van der Waals surface area contributed by atoms with Crippen molar-refractivity contribution in [1.82, 2.24) is 25.1 Å². The quantitative estimate of drug-likeness (QED) is 0.265. The van der Waals surface area contributed by atoms with Crippen molar-refractivity contribution in [1.29, 1.82) is 0 Å². The summed E-state index contributed by atoms with van der Waals surface area (Å²) in [7, 11) is 1.79. The summed E-state index contributed by atoms with van der Waals surface area (Å²) in [5, 5.41) is 15.9. The SMILES string of the molecule is Cc1sc(NC(=O)CSc2nnc([C@H](C)NC(=O)c3ccc(Cl)c(Cl)c3)n2C)nc1-c1ccccc1. The zero-order valence-corrected chi connectivity index (χ0v) is 22.7. The Bertz CT molecular complexity index is 1410. The molecule has 36 heavy (non-hydrogen) atoms. The van der Waals surface area contributed by atoms with Crippen molar-refractivity contribution in [3.05, 3.63) is 74.8 Å². The lowest BCUT2D eigenvalue weighted by molar-refractivity contribution is -0.113. The fourth-order valence-corrected chi connectivity index (χ4v) is 5.28. The van der Waals surface area contributed by atoms with Crippen LogP contribution in [0.4, 0.5) is 5.13 Å². The van der Waals surface area contributed by atoms with E-state index in [4.69, 9.17) is 23.2 Å². The average molecular weight is 562 g/mol. The number of carbonyl (C=O) groups excluding carboxylic acids is 2. The molecule has 2 N–H and O–H groups in total. The van der Waals surface area contributed by atoms with Crippen LogP contribution in [0.3, 0.4) is 0 Å². The molecule has 0 aliphatic carbocycles. The molecule has 0 saturated heterocycles. The monoisotopic (exact) mass is 560 g/mol. The van der Waals surface area contributed by atoms with E-state index in [9.17, 15) is 9.59 Å². The molecule has 0 fully saturated rings. The van der Waals surface area contributed by atoms with Gasteiger partial charge in [-0.2, -0.15) is 0 Å². The number of hydrogen-bond acceptors (Lipinski definition) is 7. The molecule has 2 amide bonds. The second-order valence-corrected chi connectivity index (χ2v) is 10.8. The minimum Gasteiger partial charge on any atom is -0.342 e. The van der Waals surface area contributed by atoms with Crippen LogP contribution >= 0.6 is 46.3 Å². The van der Waals surface area contributed by atoms with Crippen molar-refractivity contribution in [2.45, 2.75) is 25.0 Å². The number of hydrogen-bond donors (Lipinski definition) is 2. The first-order valence-corrected chi connectivity index (χ1v) is 13.4. The standard InChI is InChI=1S/C24H22Cl2N6O2S2/c1-13(27-22(34)16-9-10-17(25)18(26)11-16)21-30-31-24(32(21)3)35-12-19(33)28-23-29-20(14(2)36-23)15-7-5-4-6-8-15/h4-11,13H,12H2,1-3H3,(H,27,34)(H,28,29,33)/t13-/m0/s1. The van der Waals surface area contributed by atoms with E-state index in [1.54, 1.807) is 30.7 Å². The topological polar surface area (TPSA) is 102 Å². The molecule has 2 aromatic carbocycles. The molecule has 0 radical (unpaired) electrons. The molecule has 4 aromatic rings. The van der Waals surface area contributed by atoms with Crippen LogP contribution in [-0.4, -0.2) is 37.3 Å². The van der Waals surface area contributed by atoms with Gasteiger partial charge in [0.2, 0.25) is 5.91 Å². The second-order valence-electron chi connectivity index (χ2n) is 7.85. The van der Waals surface area contributed by atoms with E-state index in [1.165, 1.54) is 29.2 Å². The molecule has 12 heteroatoms. The van der Waals surface area contributed by atoms with Crippen molar-refractivity contribution in [2.75, 3.05) is 11.1 Å². The van der Waals surface area contributed by atoms with Crippen LogP contribution in [0.2, 0.25) is 10.0 Å². The Morgan fingerprint density at radius 3 is 2.58 bits per heavy atom. The van der Waals surface area contributed by atoms with Crippen LogP contribution in [0.1, 0.15) is 34.0 Å². The van der Waals surface area contributed by atoms with Gasteiger partial charge in [-0.05, 0) is 32.0 Å². The van der Waals surface area contributed by atoms with Crippen LogP contribution in [0, 0.1) is 6.92 Å². The van der Waals surface area contributed by atoms with E-state index >= 15 is 0 Å². The van der Waals surface area contributed by atoms with Crippen molar-refractivity contribution in [3.63, 3.8) is 0 Å². The minimum atomic E-state index is -0.428. The summed E-state index contributed by atoms with van der Waals surface area (Å²) in [5.74, 6) is 0.175. The molecule has 2 heterocycles. The highest BCUT2D eigenvalue weighted by atomic mass is 35.5. The van der Waals surface area contributed by atoms with Crippen LogP contribution in [0.15, 0.2) is 53.7 Å². The summed E-state index contributed by atoms with van der Waals surface area (Å²) in [5.41, 5.74) is 2.25. The Kier molecular flexibility index (Phi) is 8.30. The number of aryl methyl sites for hydroxylation is 1. The lowest BCUT2D eigenvalue weighted by Crippen LogP contribution is -2.28. The first-order valence-electron chi connectivity index (χ1n) is 10.8. The van der Waals surface area contributed by atoms with Gasteiger partial charge in [0.25, 0.3) is 5.91 Å². The van der Waals surface area contributed by atoms with E-state index in [-0.39, 0.29) is 17.6 Å². The lowest BCUT2D eigenvalue weighted by atomic mass is 10.1. The van der Waals surface area contributed by atoms with Crippen LogP contribution in [0.25, 0.3) is 11.3 Å². The normalized spacial score (nSPS) is 11.8. The Morgan fingerprint density at radius 2 is 1.86 bits per heavy atom. The summed E-state index contributed by atoms with van der Waals surface area (Å²) < 4.78 is 1.75. The Hall–Kier alpha value is -2.92. The van der Waals surface area contributed by atoms with Gasteiger partial charge in [-0.25, -0.2) is 4.98 Å². The number of nitrogens with one attached hydrogen (secondary N) is 2. The third kappa shape index (κ3) is 6.07. The van der Waals surface area contributed by atoms with Gasteiger partial charge in [0.05, 0.1) is 27.5 Å². The smallest absolute Gasteiger partial charge is 0.251 e. The fraction of sp³-hybridized carbons (Fsp3) is 0.208. The first kappa shape index (κ1) is 26.2. The molecule has 0 saturated carbocycles. The molecule has 1 atom stereocenters. The van der Waals surface area contributed by atoms with Crippen LogP contribution in [0.5, 0.6) is 0 Å². The van der Waals surface area contributed by atoms with Gasteiger partial charge >= 0.3 is 0 Å². The Labute approximate surface area is 226 Å². The molecule has 0 bridgehead atoms. The van der Waals surface area contributed by atoms with Crippen LogP contribution in [-0.2, 0) is 11.8 Å². The van der Waals surface area contributed by atoms with Gasteiger partial charge in [0, 0.05) is 23.1 Å². The van der Waals surface area contributed by atoms with Crippen molar-refractivity contribution in [3.8, 4) is 11.3 Å². The highest BCUT2D eigenvalue weighted by Gasteiger charge is 2.20.